The molecule has 6 heteroatoms. The third-order valence-electron chi connectivity index (χ3n) is 2.28. The van der Waals surface area contributed by atoms with Gasteiger partial charge in [-0.3, -0.25) is 0 Å². The minimum atomic E-state index is -0.425. The van der Waals surface area contributed by atoms with Crippen LogP contribution in [0.25, 0.3) is 0 Å². The Labute approximate surface area is 125 Å². The molecule has 0 aliphatic heterocycles. The van der Waals surface area contributed by atoms with Gasteiger partial charge in [0.25, 0.3) is 0 Å². The fraction of sp³-hybridized carbons (Fsp3) is 0.462. The first-order valence-electron chi connectivity index (χ1n) is 5.93. The molecule has 0 saturated carbocycles. The van der Waals surface area contributed by atoms with Crippen molar-refractivity contribution in [2.75, 3.05) is 25.4 Å². The lowest BCUT2D eigenvalue weighted by molar-refractivity contribution is 0.0508. The van der Waals surface area contributed by atoms with E-state index in [4.69, 9.17) is 22.1 Å². The zero-order chi connectivity index (χ0) is 13.5. The van der Waals surface area contributed by atoms with E-state index in [0.29, 0.717) is 35.3 Å². The number of anilines is 1. The predicted molar refractivity (Wildman–Crippen MR) is 81.1 cm³/mol. The van der Waals surface area contributed by atoms with E-state index in [1.54, 1.807) is 12.1 Å². The van der Waals surface area contributed by atoms with Gasteiger partial charge >= 0.3 is 5.97 Å². The summed E-state index contributed by atoms with van der Waals surface area (Å²) in [5, 5.41) is 3.50. The summed E-state index contributed by atoms with van der Waals surface area (Å²) >= 11 is 5.91. The molecule has 1 rings (SSSR count). The van der Waals surface area contributed by atoms with Gasteiger partial charge in [0.2, 0.25) is 0 Å². The summed E-state index contributed by atoms with van der Waals surface area (Å²) in [4.78, 5) is 11.7. The lowest BCUT2D eigenvalue weighted by atomic mass is 10.2. The molecule has 0 unspecified atom stereocenters. The van der Waals surface area contributed by atoms with E-state index >= 15 is 0 Å². The molecular weight excluding hydrogens is 287 g/mol. The van der Waals surface area contributed by atoms with Crippen LogP contribution < -0.4 is 11.1 Å². The molecule has 0 atom stereocenters. The Kier molecular flexibility index (Phi) is 8.56. The molecule has 0 radical (unpaired) electrons. The molecule has 0 heterocycles. The summed E-state index contributed by atoms with van der Waals surface area (Å²) in [5.74, 6) is 0.151. The molecule has 1 aromatic carbocycles. The zero-order valence-electron chi connectivity index (χ0n) is 11.1. The number of nitrogens with two attached hydrogens (primary N) is 1. The van der Waals surface area contributed by atoms with Gasteiger partial charge in [-0.2, -0.15) is 0 Å². The summed E-state index contributed by atoms with van der Waals surface area (Å²) < 4.78 is 5.10. The number of rotatable bonds is 6. The summed E-state index contributed by atoms with van der Waals surface area (Å²) in [6, 6.07) is 4.73. The van der Waals surface area contributed by atoms with Crippen LogP contribution in [0.1, 0.15) is 24.2 Å². The molecule has 0 amide bonds. The van der Waals surface area contributed by atoms with Gasteiger partial charge in [0, 0.05) is 12.2 Å². The first kappa shape index (κ1) is 18.0. The van der Waals surface area contributed by atoms with Crippen LogP contribution in [-0.4, -0.2) is 25.7 Å². The average molecular weight is 307 g/mol. The topological polar surface area (TPSA) is 64.3 Å². The molecule has 0 bridgehead atoms. The molecule has 1 aromatic rings. The molecule has 108 valence electrons. The fourth-order valence-corrected chi connectivity index (χ4v) is 1.65. The molecule has 3 N–H and O–H groups in total. The molecule has 4 nitrogen and oxygen atoms in total. The highest BCUT2D eigenvalue weighted by molar-refractivity contribution is 6.33. The standard InChI is InChI=1S/C13H19ClN2O2.ClH/c1-9(2)8-16-5-6-18-13(17)11-4-3-10(15)7-12(11)14;/h3-4,7,9,16H,5-6,8,15H2,1-2H3;1H. The average Bonchev–Trinajstić information content (AvgIpc) is 2.27. The van der Waals surface area contributed by atoms with E-state index in [1.165, 1.54) is 6.07 Å². The maximum Gasteiger partial charge on any atom is 0.339 e. The molecule has 0 aliphatic rings. The molecule has 0 spiro atoms. The van der Waals surface area contributed by atoms with Crippen molar-refractivity contribution in [1.29, 1.82) is 0 Å². The molecule has 0 fully saturated rings. The number of esters is 1. The van der Waals surface area contributed by atoms with E-state index in [2.05, 4.69) is 19.2 Å². The molecule has 0 aromatic heterocycles. The van der Waals surface area contributed by atoms with E-state index < -0.39 is 5.97 Å². The van der Waals surface area contributed by atoms with E-state index in [1.807, 2.05) is 0 Å². The number of nitrogen functional groups attached to an aromatic ring is 1. The van der Waals surface area contributed by atoms with Crippen molar-refractivity contribution in [3.8, 4) is 0 Å². The number of halogens is 2. The Hall–Kier alpha value is -0.970. The van der Waals surface area contributed by atoms with E-state index in [9.17, 15) is 4.79 Å². The largest absolute Gasteiger partial charge is 0.461 e. The second kappa shape index (κ2) is 9.02. The number of benzene rings is 1. The van der Waals surface area contributed by atoms with Crippen molar-refractivity contribution in [2.24, 2.45) is 5.92 Å². The van der Waals surface area contributed by atoms with Crippen LogP contribution >= 0.6 is 24.0 Å². The van der Waals surface area contributed by atoms with Crippen molar-refractivity contribution in [3.63, 3.8) is 0 Å². The molecule has 19 heavy (non-hydrogen) atoms. The second-order valence-electron chi connectivity index (χ2n) is 4.47. The van der Waals surface area contributed by atoms with Gasteiger partial charge < -0.3 is 15.8 Å². The van der Waals surface area contributed by atoms with Gasteiger partial charge in [0.15, 0.2) is 0 Å². The zero-order valence-corrected chi connectivity index (χ0v) is 12.7. The van der Waals surface area contributed by atoms with Gasteiger partial charge in [0.05, 0.1) is 10.6 Å². The number of hydrogen-bond acceptors (Lipinski definition) is 4. The minimum absolute atomic E-state index is 0. The maximum atomic E-state index is 11.7. The summed E-state index contributed by atoms with van der Waals surface area (Å²) in [6.45, 7) is 6.10. The predicted octanol–water partition coefficient (Wildman–Crippen LogP) is 2.75. The van der Waals surface area contributed by atoms with Crippen LogP contribution in [0.5, 0.6) is 0 Å². The van der Waals surface area contributed by atoms with Crippen LogP contribution in [0.4, 0.5) is 5.69 Å². The second-order valence-corrected chi connectivity index (χ2v) is 4.88. The monoisotopic (exact) mass is 306 g/mol. The third kappa shape index (κ3) is 6.66. The van der Waals surface area contributed by atoms with Crippen LogP contribution in [-0.2, 0) is 4.74 Å². The highest BCUT2D eigenvalue weighted by Gasteiger charge is 2.11. The number of ether oxygens (including phenoxy) is 1. The quantitative estimate of drug-likeness (QED) is 0.482. The van der Waals surface area contributed by atoms with Crippen LogP contribution in [0, 0.1) is 5.92 Å². The minimum Gasteiger partial charge on any atom is -0.461 e. The number of hydrogen-bond donors (Lipinski definition) is 2. The van der Waals surface area contributed by atoms with Crippen molar-refractivity contribution in [1.82, 2.24) is 5.32 Å². The first-order valence-corrected chi connectivity index (χ1v) is 6.31. The Morgan fingerprint density at radius 3 is 2.74 bits per heavy atom. The van der Waals surface area contributed by atoms with E-state index in [-0.39, 0.29) is 12.4 Å². The number of carbonyl (C=O) groups is 1. The Morgan fingerprint density at radius 2 is 2.16 bits per heavy atom. The summed E-state index contributed by atoms with van der Waals surface area (Å²) in [6.07, 6.45) is 0. The van der Waals surface area contributed by atoms with Crippen LogP contribution in [0.3, 0.4) is 0 Å². The Bertz CT molecular complexity index is 412. The number of nitrogens with one attached hydrogen (secondary N) is 1. The smallest absolute Gasteiger partial charge is 0.339 e. The lowest BCUT2D eigenvalue weighted by Gasteiger charge is -2.09. The van der Waals surface area contributed by atoms with Crippen molar-refractivity contribution < 1.29 is 9.53 Å². The van der Waals surface area contributed by atoms with Crippen LogP contribution in [0.2, 0.25) is 5.02 Å². The Morgan fingerprint density at radius 1 is 1.47 bits per heavy atom. The van der Waals surface area contributed by atoms with Crippen molar-refractivity contribution in [3.05, 3.63) is 28.8 Å². The summed E-state index contributed by atoms with van der Waals surface area (Å²) in [5.41, 5.74) is 6.41. The SMILES string of the molecule is CC(C)CNCCOC(=O)c1ccc(N)cc1Cl.Cl. The first-order chi connectivity index (χ1) is 8.50. The van der Waals surface area contributed by atoms with Gasteiger partial charge in [-0.05, 0) is 30.7 Å². The highest BCUT2D eigenvalue weighted by Crippen LogP contribution is 2.19. The maximum absolute atomic E-state index is 11.7. The van der Waals surface area contributed by atoms with Gasteiger partial charge in [-0.15, -0.1) is 12.4 Å². The summed E-state index contributed by atoms with van der Waals surface area (Å²) in [7, 11) is 0. The van der Waals surface area contributed by atoms with Crippen LogP contribution in [0.15, 0.2) is 18.2 Å². The van der Waals surface area contributed by atoms with Crippen molar-refractivity contribution in [2.45, 2.75) is 13.8 Å². The molecule has 0 aliphatic carbocycles. The van der Waals surface area contributed by atoms with Gasteiger partial charge in [-0.25, -0.2) is 4.79 Å². The van der Waals surface area contributed by atoms with Crippen molar-refractivity contribution >= 4 is 35.7 Å². The van der Waals surface area contributed by atoms with Gasteiger partial charge in [-0.1, -0.05) is 25.4 Å². The number of carbonyl (C=O) groups excluding carboxylic acids is 1. The third-order valence-corrected chi connectivity index (χ3v) is 2.59. The normalized spacial score (nSPS) is 10.1. The Balaban J connectivity index is 0.00000324. The highest BCUT2D eigenvalue weighted by atomic mass is 35.5. The molecular formula is C13H20Cl2N2O2. The fourth-order valence-electron chi connectivity index (χ4n) is 1.38. The van der Waals surface area contributed by atoms with E-state index in [0.717, 1.165) is 6.54 Å². The lowest BCUT2D eigenvalue weighted by Crippen LogP contribution is -2.25. The van der Waals surface area contributed by atoms with Gasteiger partial charge in [0.1, 0.15) is 6.61 Å². The molecule has 0 saturated heterocycles.